The van der Waals surface area contributed by atoms with Gasteiger partial charge in [-0.2, -0.15) is 0 Å². The molecule has 0 fully saturated rings. The molecule has 3 aromatic heterocycles. The van der Waals surface area contributed by atoms with Gasteiger partial charge in [-0.3, -0.25) is 8.97 Å². The highest BCUT2D eigenvalue weighted by Gasteiger charge is 2.18. The molecule has 0 aliphatic carbocycles. The number of carbonyl (C=O) groups is 1. The minimum atomic E-state index is -0.469. The van der Waals surface area contributed by atoms with Crippen LogP contribution in [0.25, 0.3) is 16.6 Å². The van der Waals surface area contributed by atoms with Crippen molar-refractivity contribution in [2.24, 2.45) is 0 Å². The topological polar surface area (TPSA) is 78.7 Å². The molecule has 0 aliphatic heterocycles. The third-order valence-corrected chi connectivity index (χ3v) is 4.88. The molecule has 0 radical (unpaired) electrons. The number of benzene rings is 1. The van der Waals surface area contributed by atoms with E-state index in [-0.39, 0.29) is 6.61 Å². The molecule has 0 bridgehead atoms. The predicted molar refractivity (Wildman–Crippen MR) is 102 cm³/mol. The number of pyridine rings is 1. The van der Waals surface area contributed by atoms with Gasteiger partial charge in [-0.1, -0.05) is 30.0 Å². The molecule has 0 aliphatic rings. The van der Waals surface area contributed by atoms with Crippen LogP contribution in [0.3, 0.4) is 0 Å². The van der Waals surface area contributed by atoms with Crippen LogP contribution < -0.4 is 5.76 Å². The number of carbonyl (C=O) groups excluding carboxylic acids is 1. The third kappa shape index (κ3) is 3.23. The minimum Gasteiger partial charge on any atom is -0.461 e. The van der Waals surface area contributed by atoms with Crippen molar-refractivity contribution in [3.05, 3.63) is 64.9 Å². The fraction of sp³-hybridized carbons (Fsp3) is 0.211. The van der Waals surface area contributed by atoms with Crippen molar-refractivity contribution in [1.29, 1.82) is 0 Å². The van der Waals surface area contributed by atoms with E-state index in [2.05, 4.69) is 4.98 Å². The molecule has 27 heavy (non-hydrogen) atoms. The molecule has 0 saturated heterocycles. The van der Waals surface area contributed by atoms with Crippen LogP contribution in [0.1, 0.15) is 16.9 Å². The summed E-state index contributed by atoms with van der Waals surface area (Å²) in [5.74, 6) is -0.879. The first-order chi connectivity index (χ1) is 13.2. The monoisotopic (exact) mass is 383 g/mol. The molecule has 1 aromatic carbocycles. The summed E-state index contributed by atoms with van der Waals surface area (Å²) in [4.78, 5) is 28.8. The third-order valence-electron chi connectivity index (χ3n) is 4.22. The Morgan fingerprint density at radius 3 is 2.81 bits per heavy atom. The largest absolute Gasteiger partial charge is 0.461 e. The van der Waals surface area contributed by atoms with E-state index in [9.17, 15) is 9.59 Å². The highest BCUT2D eigenvalue weighted by molar-refractivity contribution is 7.98. The van der Waals surface area contributed by atoms with Crippen LogP contribution in [0.2, 0.25) is 0 Å². The van der Waals surface area contributed by atoms with Gasteiger partial charge in [-0.25, -0.2) is 14.6 Å². The summed E-state index contributed by atoms with van der Waals surface area (Å²) < 4.78 is 14.0. The SMILES string of the molecule is CSc1nc(C(=O)OCCCn2c(=O)oc3ccccc32)c2ccccn12. The van der Waals surface area contributed by atoms with E-state index >= 15 is 0 Å². The number of imidazole rings is 1. The molecule has 0 spiro atoms. The maximum absolute atomic E-state index is 12.4. The van der Waals surface area contributed by atoms with Gasteiger partial charge in [0.05, 0.1) is 17.6 Å². The lowest BCUT2D eigenvalue weighted by atomic mass is 10.3. The van der Waals surface area contributed by atoms with Gasteiger partial charge in [0, 0.05) is 12.7 Å². The number of hydrogen-bond acceptors (Lipinski definition) is 6. The molecule has 7 nitrogen and oxygen atoms in total. The Balaban J connectivity index is 1.43. The van der Waals surface area contributed by atoms with E-state index in [0.29, 0.717) is 29.8 Å². The lowest BCUT2D eigenvalue weighted by molar-refractivity contribution is 0.0491. The maximum atomic E-state index is 12.4. The fourth-order valence-corrected chi connectivity index (χ4v) is 3.52. The number of hydrogen-bond donors (Lipinski definition) is 0. The van der Waals surface area contributed by atoms with Crippen molar-refractivity contribution in [2.45, 2.75) is 18.1 Å². The standard InChI is InChI=1S/C19H17N3O4S/c1-27-18-20-16(14-8-4-5-10-21(14)18)17(23)25-12-6-11-22-13-7-2-3-9-15(13)26-19(22)24/h2-5,7-10H,6,11-12H2,1H3. The van der Waals surface area contributed by atoms with Crippen LogP contribution in [0, 0.1) is 0 Å². The van der Waals surface area contributed by atoms with E-state index in [1.165, 1.54) is 11.8 Å². The van der Waals surface area contributed by atoms with Crippen molar-refractivity contribution < 1.29 is 13.9 Å². The van der Waals surface area contributed by atoms with Crippen LogP contribution in [0.4, 0.5) is 0 Å². The average Bonchev–Trinajstić information content (AvgIpc) is 3.22. The van der Waals surface area contributed by atoms with Gasteiger partial charge < -0.3 is 9.15 Å². The molecular formula is C19H17N3O4S. The quantitative estimate of drug-likeness (QED) is 0.289. The molecule has 4 rings (SSSR count). The number of aromatic nitrogens is 3. The van der Waals surface area contributed by atoms with Crippen LogP contribution in [-0.2, 0) is 11.3 Å². The first kappa shape index (κ1) is 17.4. The molecular weight excluding hydrogens is 366 g/mol. The Labute approximate surface area is 158 Å². The van der Waals surface area contributed by atoms with Crippen molar-refractivity contribution in [3.8, 4) is 0 Å². The first-order valence-electron chi connectivity index (χ1n) is 8.45. The Kier molecular flexibility index (Phi) is 4.72. The van der Waals surface area contributed by atoms with E-state index in [1.54, 1.807) is 10.6 Å². The summed E-state index contributed by atoms with van der Waals surface area (Å²) in [6, 6.07) is 12.8. The summed E-state index contributed by atoms with van der Waals surface area (Å²) in [6.45, 7) is 0.592. The maximum Gasteiger partial charge on any atom is 0.419 e. The van der Waals surface area contributed by atoms with Crippen molar-refractivity contribution >= 4 is 34.3 Å². The molecule has 0 atom stereocenters. The lowest BCUT2D eigenvalue weighted by Crippen LogP contribution is -2.16. The molecule has 138 valence electrons. The predicted octanol–water partition coefficient (Wildman–Crippen LogP) is 3.21. The first-order valence-corrected chi connectivity index (χ1v) is 9.68. The Morgan fingerprint density at radius 2 is 1.96 bits per heavy atom. The van der Waals surface area contributed by atoms with Gasteiger partial charge in [-0.15, -0.1) is 0 Å². The minimum absolute atomic E-state index is 0.186. The second-order valence-corrected chi connectivity index (χ2v) is 6.65. The Bertz CT molecular complexity index is 1170. The second kappa shape index (κ2) is 7.32. The van der Waals surface area contributed by atoms with E-state index < -0.39 is 11.7 Å². The normalized spacial score (nSPS) is 11.3. The highest BCUT2D eigenvalue weighted by atomic mass is 32.2. The van der Waals surface area contributed by atoms with Gasteiger partial charge in [-0.05, 0) is 36.9 Å². The van der Waals surface area contributed by atoms with Crippen LogP contribution in [0.5, 0.6) is 0 Å². The number of fused-ring (bicyclic) bond motifs is 2. The average molecular weight is 383 g/mol. The van der Waals surface area contributed by atoms with Gasteiger partial charge >= 0.3 is 11.7 Å². The summed E-state index contributed by atoms with van der Waals surface area (Å²) in [5, 5.41) is 0.731. The van der Waals surface area contributed by atoms with E-state index in [0.717, 1.165) is 10.7 Å². The number of thioether (sulfide) groups is 1. The summed E-state index contributed by atoms with van der Waals surface area (Å²) in [7, 11) is 0. The molecule has 8 heteroatoms. The van der Waals surface area contributed by atoms with Gasteiger partial charge in [0.15, 0.2) is 16.4 Å². The number of para-hydroxylation sites is 2. The Morgan fingerprint density at radius 1 is 1.19 bits per heavy atom. The zero-order valence-electron chi connectivity index (χ0n) is 14.6. The van der Waals surface area contributed by atoms with Crippen molar-refractivity contribution in [3.63, 3.8) is 0 Å². The fourth-order valence-electron chi connectivity index (χ4n) is 2.99. The summed E-state index contributed by atoms with van der Waals surface area (Å²) in [5.41, 5.74) is 2.29. The second-order valence-electron chi connectivity index (χ2n) is 5.88. The molecule has 0 amide bonds. The molecule has 0 N–H and O–H groups in total. The van der Waals surface area contributed by atoms with Crippen LogP contribution >= 0.6 is 11.8 Å². The molecule has 4 aromatic rings. The van der Waals surface area contributed by atoms with E-state index in [1.807, 2.05) is 53.3 Å². The summed E-state index contributed by atoms with van der Waals surface area (Å²) >= 11 is 1.46. The molecule has 0 unspecified atom stereocenters. The van der Waals surface area contributed by atoms with Gasteiger partial charge in [0.25, 0.3) is 0 Å². The summed E-state index contributed by atoms with van der Waals surface area (Å²) in [6.07, 6.45) is 4.27. The van der Waals surface area contributed by atoms with E-state index in [4.69, 9.17) is 9.15 Å². The number of oxazole rings is 1. The van der Waals surface area contributed by atoms with Crippen LogP contribution in [-0.4, -0.2) is 32.8 Å². The van der Waals surface area contributed by atoms with Crippen LogP contribution in [0.15, 0.2) is 63.0 Å². The van der Waals surface area contributed by atoms with Gasteiger partial charge in [0.2, 0.25) is 0 Å². The number of rotatable bonds is 6. The number of aryl methyl sites for hydroxylation is 1. The Hall–Kier alpha value is -3.00. The zero-order chi connectivity index (χ0) is 18.8. The zero-order valence-corrected chi connectivity index (χ0v) is 15.4. The van der Waals surface area contributed by atoms with Crippen molar-refractivity contribution in [2.75, 3.05) is 12.9 Å². The number of ether oxygens (including phenoxy) is 1. The highest BCUT2D eigenvalue weighted by Crippen LogP contribution is 2.20. The van der Waals surface area contributed by atoms with Crippen molar-refractivity contribution in [1.82, 2.24) is 14.0 Å². The van der Waals surface area contributed by atoms with Gasteiger partial charge in [0.1, 0.15) is 0 Å². The molecule has 0 saturated carbocycles. The molecule has 3 heterocycles. The lowest BCUT2D eigenvalue weighted by Gasteiger charge is -2.04. The number of nitrogens with zero attached hydrogens (tertiary/aromatic N) is 3. The number of esters is 1. The smallest absolute Gasteiger partial charge is 0.419 e.